The number of amides is 1. The van der Waals surface area contributed by atoms with Crippen molar-refractivity contribution in [2.75, 3.05) is 6.54 Å². The second kappa shape index (κ2) is 6.53. The first kappa shape index (κ1) is 15.6. The summed E-state index contributed by atoms with van der Waals surface area (Å²) in [6.07, 6.45) is 2.90. The predicted octanol–water partition coefficient (Wildman–Crippen LogP) is 4.23. The van der Waals surface area contributed by atoms with Gasteiger partial charge in [0, 0.05) is 25.5 Å². The predicted molar refractivity (Wildman–Crippen MR) is 93.1 cm³/mol. The molecule has 5 nitrogen and oxygen atoms in total. The van der Waals surface area contributed by atoms with E-state index in [1.165, 1.54) is 4.70 Å². The van der Waals surface area contributed by atoms with Gasteiger partial charge in [-0.25, -0.2) is 4.98 Å². The number of thiazole rings is 1. The molecule has 4 rings (SSSR count). The molecule has 7 heteroatoms. The van der Waals surface area contributed by atoms with Crippen LogP contribution in [0, 0.1) is 0 Å². The average molecular weight is 362 g/mol. The third-order valence-corrected chi connectivity index (χ3v) is 5.60. The highest BCUT2D eigenvalue weighted by Crippen LogP contribution is 2.36. The number of hydrogen-bond donors (Lipinski definition) is 0. The Bertz CT molecular complexity index is 842. The van der Waals surface area contributed by atoms with Crippen molar-refractivity contribution >= 4 is 39.1 Å². The van der Waals surface area contributed by atoms with Crippen molar-refractivity contribution in [3.05, 3.63) is 46.3 Å². The maximum absolute atomic E-state index is 12.6. The highest BCUT2D eigenvalue weighted by Gasteiger charge is 2.32. The van der Waals surface area contributed by atoms with E-state index in [1.54, 1.807) is 17.4 Å². The van der Waals surface area contributed by atoms with Crippen molar-refractivity contribution < 1.29 is 9.32 Å². The van der Waals surface area contributed by atoms with Crippen molar-refractivity contribution in [1.29, 1.82) is 0 Å². The molecule has 1 saturated heterocycles. The van der Waals surface area contributed by atoms with Crippen LogP contribution in [-0.2, 0) is 11.2 Å². The van der Waals surface area contributed by atoms with Gasteiger partial charge >= 0.3 is 0 Å². The van der Waals surface area contributed by atoms with Crippen LogP contribution in [0.2, 0.25) is 5.15 Å². The van der Waals surface area contributed by atoms with Crippen LogP contribution >= 0.6 is 22.9 Å². The summed E-state index contributed by atoms with van der Waals surface area (Å²) in [6, 6.07) is 9.85. The van der Waals surface area contributed by atoms with Gasteiger partial charge in [0.25, 0.3) is 0 Å². The second-order valence-electron chi connectivity index (χ2n) is 5.88. The Balaban J connectivity index is 1.48. The number of carbonyl (C=O) groups excluding carboxylic acids is 1. The Hall–Kier alpha value is -1.92. The largest absolute Gasteiger partial charge is 0.360 e. The topological polar surface area (TPSA) is 59.2 Å². The lowest BCUT2D eigenvalue weighted by Gasteiger charge is -2.22. The zero-order chi connectivity index (χ0) is 16.5. The first-order chi connectivity index (χ1) is 11.7. The number of likely N-dealkylation sites (tertiary alicyclic amines) is 1. The standard InChI is InChI=1S/C17H16ClN3O2S/c18-15-10-11(23-20-15)7-8-16(22)21-9-3-5-13(21)17-19-12-4-1-2-6-14(12)24-17/h1-2,4,6,10,13H,3,5,7-9H2. The van der Waals surface area contributed by atoms with E-state index in [4.69, 9.17) is 21.1 Å². The molecule has 3 aromatic rings. The number of nitrogens with zero attached hydrogens (tertiary/aromatic N) is 3. The van der Waals surface area contributed by atoms with Gasteiger partial charge in [-0.3, -0.25) is 4.79 Å². The van der Waals surface area contributed by atoms with E-state index in [9.17, 15) is 4.79 Å². The molecule has 1 amide bonds. The molecule has 0 aliphatic carbocycles. The number of aromatic nitrogens is 2. The number of para-hydroxylation sites is 1. The average Bonchev–Trinajstić information content (AvgIpc) is 3.30. The second-order valence-corrected chi connectivity index (χ2v) is 7.33. The van der Waals surface area contributed by atoms with Gasteiger partial charge in [-0.05, 0) is 25.0 Å². The van der Waals surface area contributed by atoms with E-state index < -0.39 is 0 Å². The minimum Gasteiger partial charge on any atom is -0.360 e. The maximum Gasteiger partial charge on any atom is 0.223 e. The summed E-state index contributed by atoms with van der Waals surface area (Å²) < 4.78 is 6.24. The smallest absolute Gasteiger partial charge is 0.223 e. The number of aryl methyl sites for hydroxylation is 1. The molecule has 0 radical (unpaired) electrons. The zero-order valence-electron chi connectivity index (χ0n) is 12.9. The summed E-state index contributed by atoms with van der Waals surface area (Å²) in [4.78, 5) is 19.3. The molecule has 1 aliphatic heterocycles. The van der Waals surface area contributed by atoms with Gasteiger partial charge in [0.2, 0.25) is 5.91 Å². The minimum atomic E-state index is 0.0909. The number of carbonyl (C=O) groups is 1. The summed E-state index contributed by atoms with van der Waals surface area (Å²) in [5, 5.41) is 4.99. The molecule has 1 unspecified atom stereocenters. The van der Waals surface area contributed by atoms with Gasteiger partial charge in [-0.1, -0.05) is 28.9 Å². The number of rotatable bonds is 4. The minimum absolute atomic E-state index is 0.0909. The van der Waals surface area contributed by atoms with Gasteiger partial charge < -0.3 is 9.42 Å². The molecule has 1 aromatic carbocycles. The van der Waals surface area contributed by atoms with Gasteiger partial charge in [0.15, 0.2) is 5.15 Å². The molecular weight excluding hydrogens is 346 g/mol. The molecule has 0 N–H and O–H groups in total. The highest BCUT2D eigenvalue weighted by molar-refractivity contribution is 7.18. The van der Waals surface area contributed by atoms with E-state index in [-0.39, 0.29) is 11.9 Å². The van der Waals surface area contributed by atoms with Crippen LogP contribution in [0.15, 0.2) is 34.9 Å². The molecule has 1 atom stereocenters. The Labute approximate surface area is 148 Å². The van der Waals surface area contributed by atoms with Crippen molar-refractivity contribution in [3.63, 3.8) is 0 Å². The van der Waals surface area contributed by atoms with Gasteiger partial charge in [-0.15, -0.1) is 11.3 Å². The van der Waals surface area contributed by atoms with Gasteiger partial charge in [0.05, 0.1) is 16.3 Å². The van der Waals surface area contributed by atoms with Gasteiger partial charge in [0.1, 0.15) is 10.8 Å². The molecule has 1 fully saturated rings. The van der Waals surface area contributed by atoms with Crippen molar-refractivity contribution in [1.82, 2.24) is 15.0 Å². The van der Waals surface area contributed by atoms with Crippen molar-refractivity contribution in [2.45, 2.75) is 31.7 Å². The number of hydrogen-bond acceptors (Lipinski definition) is 5. The zero-order valence-corrected chi connectivity index (χ0v) is 14.5. The molecule has 1 aliphatic rings. The molecule has 124 valence electrons. The lowest BCUT2D eigenvalue weighted by atomic mass is 10.2. The van der Waals surface area contributed by atoms with Crippen LogP contribution in [0.25, 0.3) is 10.2 Å². The van der Waals surface area contributed by atoms with E-state index >= 15 is 0 Å². The number of fused-ring (bicyclic) bond motifs is 1. The van der Waals surface area contributed by atoms with Crippen LogP contribution in [0.3, 0.4) is 0 Å². The van der Waals surface area contributed by atoms with Crippen molar-refractivity contribution in [2.24, 2.45) is 0 Å². The molecule has 2 aromatic heterocycles. The Kier molecular flexibility index (Phi) is 4.24. The summed E-state index contributed by atoms with van der Waals surface area (Å²) in [5.41, 5.74) is 1.01. The van der Waals surface area contributed by atoms with Crippen LogP contribution in [0.4, 0.5) is 0 Å². The SMILES string of the molecule is O=C(CCc1cc(Cl)no1)N1CCCC1c1nc2ccccc2s1. The van der Waals surface area contributed by atoms with E-state index in [0.29, 0.717) is 23.8 Å². The monoisotopic (exact) mass is 361 g/mol. The maximum atomic E-state index is 12.6. The van der Waals surface area contributed by atoms with E-state index in [0.717, 1.165) is 29.9 Å². The highest BCUT2D eigenvalue weighted by atomic mass is 35.5. The number of halogens is 1. The summed E-state index contributed by atoms with van der Waals surface area (Å²) in [7, 11) is 0. The lowest BCUT2D eigenvalue weighted by Crippen LogP contribution is -2.30. The van der Waals surface area contributed by atoms with Crippen LogP contribution < -0.4 is 0 Å². The Morgan fingerprint density at radius 3 is 3.08 bits per heavy atom. The molecule has 0 spiro atoms. The first-order valence-electron chi connectivity index (χ1n) is 7.97. The molecule has 24 heavy (non-hydrogen) atoms. The number of benzene rings is 1. The van der Waals surface area contributed by atoms with Crippen LogP contribution in [-0.4, -0.2) is 27.5 Å². The molecule has 0 bridgehead atoms. The Morgan fingerprint density at radius 2 is 2.29 bits per heavy atom. The molecular formula is C17H16ClN3O2S. The molecule has 3 heterocycles. The van der Waals surface area contributed by atoms with Crippen LogP contribution in [0.5, 0.6) is 0 Å². The van der Waals surface area contributed by atoms with Crippen LogP contribution in [0.1, 0.15) is 36.1 Å². The van der Waals surface area contributed by atoms with E-state index in [1.807, 2.05) is 23.1 Å². The lowest BCUT2D eigenvalue weighted by molar-refractivity contribution is -0.132. The summed E-state index contributed by atoms with van der Waals surface area (Å²) >= 11 is 7.42. The summed E-state index contributed by atoms with van der Waals surface area (Å²) in [6.45, 7) is 0.788. The Morgan fingerprint density at radius 1 is 1.42 bits per heavy atom. The quantitative estimate of drug-likeness (QED) is 0.697. The first-order valence-corrected chi connectivity index (χ1v) is 9.16. The molecule has 0 saturated carbocycles. The third-order valence-electron chi connectivity index (χ3n) is 4.28. The van der Waals surface area contributed by atoms with E-state index in [2.05, 4.69) is 11.2 Å². The fourth-order valence-corrected chi connectivity index (χ4v) is 4.41. The summed E-state index contributed by atoms with van der Waals surface area (Å²) in [5.74, 6) is 0.772. The third kappa shape index (κ3) is 3.03. The van der Waals surface area contributed by atoms with Gasteiger partial charge in [-0.2, -0.15) is 0 Å². The fourth-order valence-electron chi connectivity index (χ4n) is 3.13. The normalized spacial score (nSPS) is 17.7. The van der Waals surface area contributed by atoms with Crippen molar-refractivity contribution in [3.8, 4) is 0 Å². The fraction of sp³-hybridized carbons (Fsp3) is 0.353.